The third-order valence-electron chi connectivity index (χ3n) is 7.71. The molecule has 1 atom stereocenters. The maximum Gasteiger partial charge on any atom is 0.238 e. The van der Waals surface area contributed by atoms with Crippen LogP contribution in [0.1, 0.15) is 41.3 Å². The van der Waals surface area contributed by atoms with Gasteiger partial charge in [-0.3, -0.25) is 19.6 Å². The van der Waals surface area contributed by atoms with E-state index >= 15 is 0 Å². The van der Waals surface area contributed by atoms with Crippen molar-refractivity contribution < 1.29 is 9.59 Å². The molecule has 2 aromatic carbocycles. The molecule has 0 aliphatic carbocycles. The van der Waals surface area contributed by atoms with Gasteiger partial charge in [-0.15, -0.1) is 0 Å². The fourth-order valence-electron chi connectivity index (χ4n) is 5.78. The highest BCUT2D eigenvalue weighted by Crippen LogP contribution is 2.51. The predicted octanol–water partition coefficient (Wildman–Crippen LogP) is 3.87. The largest absolute Gasteiger partial charge is 0.337 e. The molecule has 0 saturated carbocycles. The van der Waals surface area contributed by atoms with Crippen molar-refractivity contribution in [1.29, 1.82) is 0 Å². The fraction of sp³-hybridized carbons (Fsp3) is 0.393. The monoisotopic (exact) mass is 471 g/mol. The third kappa shape index (κ3) is 4.60. The molecule has 3 heterocycles. The average Bonchev–Trinajstić information content (AvgIpc) is 3.33. The van der Waals surface area contributed by atoms with Crippen molar-refractivity contribution in [3.8, 4) is 0 Å². The minimum Gasteiger partial charge on any atom is -0.337 e. The summed E-state index contributed by atoms with van der Waals surface area (Å²) >= 11 is 0. The van der Waals surface area contributed by atoms with E-state index in [0.29, 0.717) is 13.1 Å². The molecule has 5 rings (SSSR count). The van der Waals surface area contributed by atoms with Gasteiger partial charge < -0.3 is 10.2 Å². The molecule has 1 spiro atoms. The number of aromatic nitrogens is 2. The molecule has 2 aliphatic heterocycles. The first-order valence-electron chi connectivity index (χ1n) is 12.4. The van der Waals surface area contributed by atoms with Gasteiger partial charge >= 0.3 is 0 Å². The van der Waals surface area contributed by atoms with Crippen LogP contribution < -0.4 is 5.32 Å². The Morgan fingerprint density at radius 2 is 1.71 bits per heavy atom. The zero-order valence-corrected chi connectivity index (χ0v) is 20.5. The van der Waals surface area contributed by atoms with Crippen LogP contribution in [0.4, 0.5) is 5.69 Å². The van der Waals surface area contributed by atoms with Gasteiger partial charge in [0.05, 0.1) is 29.0 Å². The number of aryl methyl sites for hydroxylation is 2. The number of rotatable bonds is 6. The number of carbonyl (C=O) groups excluding carboxylic acids is 2. The van der Waals surface area contributed by atoms with E-state index in [9.17, 15) is 9.59 Å². The number of anilines is 1. The van der Waals surface area contributed by atoms with Gasteiger partial charge in [-0.25, -0.2) is 0 Å². The molecule has 7 heteroatoms. The Morgan fingerprint density at radius 3 is 2.34 bits per heavy atom. The van der Waals surface area contributed by atoms with E-state index in [4.69, 9.17) is 0 Å². The number of hydrogen-bond acceptors (Lipinski definition) is 4. The molecule has 0 bridgehead atoms. The summed E-state index contributed by atoms with van der Waals surface area (Å²) in [4.78, 5) is 30.8. The summed E-state index contributed by atoms with van der Waals surface area (Å²) in [5.41, 5.74) is 4.37. The Labute approximate surface area is 206 Å². The SMILES string of the molecule is Cc1n[nH]c(C)c1NC(=O)CN1CCC2(CC1)C(=O)N(Cc1ccccc1)CC2c1ccccc1. The summed E-state index contributed by atoms with van der Waals surface area (Å²) in [6.45, 7) is 6.92. The summed E-state index contributed by atoms with van der Waals surface area (Å²) in [6, 6.07) is 20.7. The van der Waals surface area contributed by atoms with Gasteiger partial charge in [0.25, 0.3) is 0 Å². The number of hydrogen-bond donors (Lipinski definition) is 2. The molecule has 2 amide bonds. The van der Waals surface area contributed by atoms with Crippen molar-refractivity contribution in [3.05, 3.63) is 83.2 Å². The predicted molar refractivity (Wildman–Crippen MR) is 136 cm³/mol. The van der Waals surface area contributed by atoms with Crippen molar-refractivity contribution in [3.63, 3.8) is 0 Å². The Bertz CT molecular complexity index is 1160. The van der Waals surface area contributed by atoms with Crippen LogP contribution in [0.2, 0.25) is 0 Å². The van der Waals surface area contributed by atoms with E-state index in [1.54, 1.807) is 0 Å². The zero-order valence-electron chi connectivity index (χ0n) is 20.5. The van der Waals surface area contributed by atoms with Crippen LogP contribution in [0.15, 0.2) is 60.7 Å². The van der Waals surface area contributed by atoms with Crippen LogP contribution in [-0.4, -0.2) is 58.0 Å². The Morgan fingerprint density at radius 1 is 1.06 bits per heavy atom. The van der Waals surface area contributed by atoms with E-state index in [2.05, 4.69) is 56.8 Å². The zero-order chi connectivity index (χ0) is 24.4. The molecule has 2 fully saturated rings. The van der Waals surface area contributed by atoms with Gasteiger partial charge in [0, 0.05) is 19.0 Å². The number of nitrogens with zero attached hydrogens (tertiary/aromatic N) is 3. The van der Waals surface area contributed by atoms with E-state index < -0.39 is 5.41 Å². The number of likely N-dealkylation sites (tertiary alicyclic amines) is 2. The normalized spacial score (nSPS) is 19.9. The van der Waals surface area contributed by atoms with Gasteiger partial charge in [-0.2, -0.15) is 5.10 Å². The first-order valence-corrected chi connectivity index (χ1v) is 12.4. The number of nitrogens with one attached hydrogen (secondary N) is 2. The molecule has 0 radical (unpaired) electrons. The van der Waals surface area contributed by atoms with Crippen molar-refractivity contribution in [2.24, 2.45) is 5.41 Å². The summed E-state index contributed by atoms with van der Waals surface area (Å²) < 4.78 is 0. The second-order valence-electron chi connectivity index (χ2n) is 9.92. The molecule has 3 aromatic rings. The first kappa shape index (κ1) is 23.3. The van der Waals surface area contributed by atoms with E-state index in [0.717, 1.165) is 55.1 Å². The van der Waals surface area contributed by atoms with Crippen molar-refractivity contribution in [2.45, 2.75) is 39.2 Å². The lowest BCUT2D eigenvalue weighted by Crippen LogP contribution is -2.48. The molecular formula is C28H33N5O2. The van der Waals surface area contributed by atoms with Crippen molar-refractivity contribution >= 4 is 17.5 Å². The van der Waals surface area contributed by atoms with Crippen LogP contribution in [0, 0.1) is 19.3 Å². The summed E-state index contributed by atoms with van der Waals surface area (Å²) in [6.07, 6.45) is 1.52. The molecule has 35 heavy (non-hydrogen) atoms. The molecule has 7 nitrogen and oxygen atoms in total. The number of amides is 2. The highest BCUT2D eigenvalue weighted by molar-refractivity contribution is 5.93. The molecule has 2 saturated heterocycles. The third-order valence-corrected chi connectivity index (χ3v) is 7.71. The number of carbonyl (C=O) groups is 2. The molecule has 182 valence electrons. The number of aromatic amines is 1. The lowest BCUT2D eigenvalue weighted by molar-refractivity contribution is -0.139. The first-order chi connectivity index (χ1) is 17.0. The molecule has 1 aromatic heterocycles. The van der Waals surface area contributed by atoms with E-state index in [1.807, 2.05) is 43.0 Å². The maximum atomic E-state index is 13.9. The van der Waals surface area contributed by atoms with Crippen LogP contribution in [-0.2, 0) is 16.1 Å². The minimum atomic E-state index is -0.416. The number of H-pyrrole nitrogens is 1. The van der Waals surface area contributed by atoms with Crippen LogP contribution in [0.5, 0.6) is 0 Å². The lowest BCUT2D eigenvalue weighted by atomic mass is 9.68. The molecule has 1 unspecified atom stereocenters. The molecular weight excluding hydrogens is 438 g/mol. The van der Waals surface area contributed by atoms with Crippen LogP contribution >= 0.6 is 0 Å². The number of benzene rings is 2. The van der Waals surface area contributed by atoms with Gasteiger partial charge in [-0.05, 0) is 50.9 Å². The van der Waals surface area contributed by atoms with Gasteiger partial charge in [0.2, 0.25) is 11.8 Å². The second-order valence-corrected chi connectivity index (χ2v) is 9.92. The molecule has 2 N–H and O–H groups in total. The second kappa shape index (κ2) is 9.66. The number of piperidine rings is 1. The lowest BCUT2D eigenvalue weighted by Gasteiger charge is -2.41. The Balaban J connectivity index is 1.30. The fourth-order valence-corrected chi connectivity index (χ4v) is 5.78. The standard InChI is InChI=1S/C28H33N5O2/c1-20-26(21(2)31-30-20)29-25(34)19-32-15-13-28(14-16-32)24(23-11-7-4-8-12-23)18-33(27(28)35)17-22-9-5-3-6-10-22/h3-12,24H,13-19H2,1-2H3,(H,29,34)(H,30,31). The van der Waals surface area contributed by atoms with Gasteiger partial charge in [0.1, 0.15) is 0 Å². The topological polar surface area (TPSA) is 81.3 Å². The maximum absolute atomic E-state index is 13.9. The van der Waals surface area contributed by atoms with Crippen molar-refractivity contribution in [1.82, 2.24) is 20.0 Å². The Kier molecular flexibility index (Phi) is 6.43. The highest BCUT2D eigenvalue weighted by atomic mass is 16.2. The minimum absolute atomic E-state index is 0.0448. The Hall–Kier alpha value is -3.45. The van der Waals surface area contributed by atoms with E-state index in [-0.39, 0.29) is 17.7 Å². The van der Waals surface area contributed by atoms with Crippen LogP contribution in [0.3, 0.4) is 0 Å². The quantitative estimate of drug-likeness (QED) is 0.572. The van der Waals surface area contributed by atoms with Crippen LogP contribution in [0.25, 0.3) is 0 Å². The summed E-state index contributed by atoms with van der Waals surface area (Å²) in [5, 5.41) is 10.1. The summed E-state index contributed by atoms with van der Waals surface area (Å²) in [5.74, 6) is 0.368. The van der Waals surface area contributed by atoms with Gasteiger partial charge in [0.15, 0.2) is 0 Å². The van der Waals surface area contributed by atoms with E-state index in [1.165, 1.54) is 5.56 Å². The van der Waals surface area contributed by atoms with Gasteiger partial charge in [-0.1, -0.05) is 60.7 Å². The molecule has 2 aliphatic rings. The average molecular weight is 472 g/mol. The smallest absolute Gasteiger partial charge is 0.238 e. The van der Waals surface area contributed by atoms with Crippen molar-refractivity contribution in [2.75, 3.05) is 31.5 Å². The highest BCUT2D eigenvalue weighted by Gasteiger charge is 2.55. The summed E-state index contributed by atoms with van der Waals surface area (Å²) in [7, 11) is 0.